The predicted octanol–water partition coefficient (Wildman–Crippen LogP) is 3.03. The number of fused-ring (bicyclic) bond motifs is 3. The van der Waals surface area contributed by atoms with Crippen LogP contribution in [0.4, 0.5) is 0 Å². The molecule has 4 aliphatic rings. The molecule has 2 aromatic carbocycles. The Morgan fingerprint density at radius 3 is 2.48 bits per heavy atom. The number of ether oxygens (including phenoxy) is 4. The second-order valence-electron chi connectivity index (χ2n) is 9.49. The van der Waals surface area contributed by atoms with E-state index < -0.39 is 0 Å². The van der Waals surface area contributed by atoms with Crippen LogP contribution in [0.2, 0.25) is 0 Å². The van der Waals surface area contributed by atoms with Gasteiger partial charge in [-0.25, -0.2) is 0 Å². The number of hydrogen-bond donors (Lipinski definition) is 0. The Morgan fingerprint density at radius 2 is 1.64 bits per heavy atom. The van der Waals surface area contributed by atoms with Crippen molar-refractivity contribution in [3.63, 3.8) is 0 Å². The van der Waals surface area contributed by atoms with Crippen molar-refractivity contribution in [2.45, 2.75) is 32.1 Å². The molecule has 1 saturated heterocycles. The molecule has 33 heavy (non-hydrogen) atoms. The molecular weight excluding hydrogens is 420 g/mol. The molecular formula is C26H30N2O5. The number of piperidine rings is 1. The fraction of sp³-hybridized carbons (Fsp3) is 0.500. The van der Waals surface area contributed by atoms with E-state index in [9.17, 15) is 4.79 Å². The van der Waals surface area contributed by atoms with E-state index in [0.29, 0.717) is 19.1 Å². The van der Waals surface area contributed by atoms with Gasteiger partial charge in [-0.2, -0.15) is 0 Å². The third-order valence-corrected chi connectivity index (χ3v) is 7.28. The Kier molecular flexibility index (Phi) is 5.50. The lowest BCUT2D eigenvalue weighted by molar-refractivity contribution is -0.131. The summed E-state index contributed by atoms with van der Waals surface area (Å²) in [5.74, 6) is 4.02. The fourth-order valence-electron chi connectivity index (χ4n) is 5.47. The summed E-state index contributed by atoms with van der Waals surface area (Å²) in [6, 6.07) is 10.3. The molecule has 0 saturated carbocycles. The first kappa shape index (κ1) is 20.7. The first-order valence-electron chi connectivity index (χ1n) is 12.0. The SMILES string of the molecule is O=C1Cc2cc3c(cc2CCN1CC1CCCN(CCc2ccc4c(c2)OCO4)C1)OCO3. The molecule has 4 aliphatic heterocycles. The normalized spacial score (nSPS) is 21.8. The van der Waals surface area contributed by atoms with E-state index in [1.807, 2.05) is 12.1 Å². The monoisotopic (exact) mass is 450 g/mol. The average molecular weight is 451 g/mol. The zero-order valence-electron chi connectivity index (χ0n) is 18.9. The molecule has 1 fully saturated rings. The number of likely N-dealkylation sites (tertiary alicyclic amines) is 1. The van der Waals surface area contributed by atoms with Crippen molar-refractivity contribution in [3.8, 4) is 23.0 Å². The van der Waals surface area contributed by atoms with Crippen LogP contribution in [0.25, 0.3) is 0 Å². The van der Waals surface area contributed by atoms with Crippen LogP contribution in [0.15, 0.2) is 30.3 Å². The van der Waals surface area contributed by atoms with Gasteiger partial charge in [-0.1, -0.05) is 6.07 Å². The molecule has 1 unspecified atom stereocenters. The van der Waals surface area contributed by atoms with Gasteiger partial charge in [0, 0.05) is 26.2 Å². The molecule has 0 spiro atoms. The lowest BCUT2D eigenvalue weighted by Gasteiger charge is -2.35. The predicted molar refractivity (Wildman–Crippen MR) is 122 cm³/mol. The molecule has 1 amide bonds. The minimum absolute atomic E-state index is 0.227. The highest BCUT2D eigenvalue weighted by Gasteiger charge is 2.28. The van der Waals surface area contributed by atoms with E-state index in [1.54, 1.807) is 0 Å². The maximum atomic E-state index is 13.1. The molecule has 174 valence electrons. The summed E-state index contributed by atoms with van der Waals surface area (Å²) in [6.07, 6.45) is 4.70. The van der Waals surface area contributed by atoms with Gasteiger partial charge in [0.05, 0.1) is 6.42 Å². The van der Waals surface area contributed by atoms with Crippen molar-refractivity contribution in [1.82, 2.24) is 9.80 Å². The van der Waals surface area contributed by atoms with Crippen molar-refractivity contribution < 1.29 is 23.7 Å². The van der Waals surface area contributed by atoms with E-state index in [2.05, 4.69) is 28.0 Å². The van der Waals surface area contributed by atoms with Gasteiger partial charge >= 0.3 is 0 Å². The molecule has 0 bridgehead atoms. The summed E-state index contributed by atoms with van der Waals surface area (Å²) < 4.78 is 22.0. The van der Waals surface area contributed by atoms with Gasteiger partial charge in [0.25, 0.3) is 0 Å². The second-order valence-corrected chi connectivity index (χ2v) is 9.49. The number of nitrogens with zero attached hydrogens (tertiary/aromatic N) is 2. The smallest absolute Gasteiger partial charge is 0.231 e. The molecule has 0 aliphatic carbocycles. The number of amides is 1. The summed E-state index contributed by atoms with van der Waals surface area (Å²) >= 11 is 0. The van der Waals surface area contributed by atoms with E-state index in [0.717, 1.165) is 74.1 Å². The highest BCUT2D eigenvalue weighted by molar-refractivity contribution is 5.80. The molecule has 2 aromatic rings. The Morgan fingerprint density at radius 1 is 0.879 bits per heavy atom. The molecule has 1 atom stereocenters. The Hall–Kier alpha value is -2.93. The highest BCUT2D eigenvalue weighted by Crippen LogP contribution is 2.36. The third kappa shape index (κ3) is 4.34. The van der Waals surface area contributed by atoms with Crippen LogP contribution in [0.5, 0.6) is 23.0 Å². The van der Waals surface area contributed by atoms with Crippen molar-refractivity contribution in [3.05, 3.63) is 47.0 Å². The molecule has 7 nitrogen and oxygen atoms in total. The van der Waals surface area contributed by atoms with E-state index in [4.69, 9.17) is 18.9 Å². The number of benzene rings is 2. The Bertz CT molecular complexity index is 1060. The summed E-state index contributed by atoms with van der Waals surface area (Å²) in [5, 5.41) is 0. The maximum Gasteiger partial charge on any atom is 0.231 e. The zero-order valence-corrected chi connectivity index (χ0v) is 18.9. The Labute approximate surface area is 194 Å². The molecule has 0 N–H and O–H groups in total. The second kappa shape index (κ2) is 8.78. The van der Waals surface area contributed by atoms with Crippen molar-refractivity contribution in [2.75, 3.05) is 46.3 Å². The number of carbonyl (C=O) groups is 1. The van der Waals surface area contributed by atoms with Crippen LogP contribution < -0.4 is 18.9 Å². The molecule has 6 rings (SSSR count). The van der Waals surface area contributed by atoms with Gasteiger partial charge in [-0.15, -0.1) is 0 Å². The van der Waals surface area contributed by atoms with Gasteiger partial charge in [0.2, 0.25) is 19.5 Å². The molecule has 0 aromatic heterocycles. The third-order valence-electron chi connectivity index (χ3n) is 7.28. The first-order valence-corrected chi connectivity index (χ1v) is 12.0. The van der Waals surface area contributed by atoms with Gasteiger partial charge in [0.1, 0.15) is 0 Å². The highest BCUT2D eigenvalue weighted by atomic mass is 16.7. The van der Waals surface area contributed by atoms with E-state index >= 15 is 0 Å². The van der Waals surface area contributed by atoms with Crippen LogP contribution in [-0.2, 0) is 24.1 Å². The maximum absolute atomic E-state index is 13.1. The molecule has 0 radical (unpaired) electrons. The van der Waals surface area contributed by atoms with Gasteiger partial charge < -0.3 is 28.7 Å². The lowest BCUT2D eigenvalue weighted by atomic mass is 9.96. The largest absolute Gasteiger partial charge is 0.454 e. The van der Waals surface area contributed by atoms with Crippen molar-refractivity contribution >= 4 is 5.91 Å². The van der Waals surface area contributed by atoms with Gasteiger partial charge in [-0.05, 0) is 79.1 Å². The topological polar surface area (TPSA) is 60.5 Å². The van der Waals surface area contributed by atoms with Crippen LogP contribution >= 0.6 is 0 Å². The first-order chi connectivity index (χ1) is 16.2. The van der Waals surface area contributed by atoms with E-state index in [1.165, 1.54) is 24.0 Å². The quantitative estimate of drug-likeness (QED) is 0.698. The van der Waals surface area contributed by atoms with Gasteiger partial charge in [0.15, 0.2) is 23.0 Å². The lowest BCUT2D eigenvalue weighted by Crippen LogP contribution is -2.44. The van der Waals surface area contributed by atoms with Crippen molar-refractivity contribution in [2.24, 2.45) is 5.92 Å². The van der Waals surface area contributed by atoms with Crippen LogP contribution in [0.3, 0.4) is 0 Å². The fourth-order valence-corrected chi connectivity index (χ4v) is 5.47. The zero-order chi connectivity index (χ0) is 22.2. The van der Waals surface area contributed by atoms with Crippen LogP contribution in [0.1, 0.15) is 29.5 Å². The minimum Gasteiger partial charge on any atom is -0.454 e. The van der Waals surface area contributed by atoms with Gasteiger partial charge in [-0.3, -0.25) is 4.79 Å². The summed E-state index contributed by atoms with van der Waals surface area (Å²) in [4.78, 5) is 17.7. The Balaban J connectivity index is 1.04. The molecule has 7 heteroatoms. The minimum atomic E-state index is 0.227. The number of hydrogen-bond acceptors (Lipinski definition) is 6. The van der Waals surface area contributed by atoms with Crippen LogP contribution in [-0.4, -0.2) is 62.0 Å². The molecule has 4 heterocycles. The van der Waals surface area contributed by atoms with Crippen LogP contribution in [0, 0.1) is 5.92 Å². The summed E-state index contributed by atoms with van der Waals surface area (Å²) in [7, 11) is 0. The number of rotatable bonds is 5. The summed E-state index contributed by atoms with van der Waals surface area (Å²) in [6.45, 7) is 5.42. The van der Waals surface area contributed by atoms with Crippen molar-refractivity contribution in [1.29, 1.82) is 0 Å². The number of carbonyl (C=O) groups excluding carboxylic acids is 1. The van der Waals surface area contributed by atoms with E-state index in [-0.39, 0.29) is 12.7 Å². The standard InChI is InChI=1S/C26H30N2O5/c29-26-13-21-12-25-24(32-17-33-25)11-20(21)6-9-28(26)15-19-2-1-7-27(14-19)8-5-18-3-4-22-23(10-18)31-16-30-22/h3-4,10-12,19H,1-2,5-9,13-17H2. The summed E-state index contributed by atoms with van der Waals surface area (Å²) in [5.41, 5.74) is 3.58. The average Bonchev–Trinajstić information content (AvgIpc) is 3.45.